The van der Waals surface area contributed by atoms with E-state index in [1.165, 1.54) is 33.5 Å². The lowest BCUT2D eigenvalue weighted by molar-refractivity contribution is 0.0955. The van der Waals surface area contributed by atoms with Gasteiger partial charge in [-0.15, -0.1) is 11.8 Å². The molecule has 0 bridgehead atoms. The highest BCUT2D eigenvalue weighted by atomic mass is 32.2. The zero-order valence-electron chi connectivity index (χ0n) is 19.1. The van der Waals surface area contributed by atoms with Crippen LogP contribution in [-0.4, -0.2) is 44.5 Å². The number of nitrogens with one attached hydrogen (secondary N) is 2. The predicted molar refractivity (Wildman–Crippen MR) is 133 cm³/mol. The number of hydrogen-bond acceptors (Lipinski definition) is 5. The summed E-state index contributed by atoms with van der Waals surface area (Å²) >= 11 is 1.63. The summed E-state index contributed by atoms with van der Waals surface area (Å²) in [6.45, 7) is 0.447. The third-order valence-corrected chi connectivity index (χ3v) is 6.47. The zero-order valence-corrected chi connectivity index (χ0v) is 19.9. The maximum atomic E-state index is 13.4. The molecule has 0 radical (unpaired) electrons. The summed E-state index contributed by atoms with van der Waals surface area (Å²) in [5.74, 6) is 1.41. The number of amides is 1. The molecule has 6 nitrogen and oxygen atoms in total. The molecule has 3 aromatic carbocycles. The van der Waals surface area contributed by atoms with E-state index >= 15 is 0 Å². The number of benzene rings is 3. The molecular weight excluding hydrogens is 455 g/mol. The molecule has 0 aliphatic heterocycles. The van der Waals surface area contributed by atoms with Gasteiger partial charge in [-0.25, -0.2) is 4.39 Å². The van der Waals surface area contributed by atoms with Gasteiger partial charge >= 0.3 is 0 Å². The van der Waals surface area contributed by atoms with Crippen LogP contribution in [0.15, 0.2) is 65.6 Å². The molecule has 8 heteroatoms. The van der Waals surface area contributed by atoms with Gasteiger partial charge in [-0.1, -0.05) is 18.2 Å². The largest absolute Gasteiger partial charge is 0.493 e. The molecule has 0 spiro atoms. The number of fused-ring (bicyclic) bond motifs is 1. The Bertz CT molecular complexity index is 1280. The Morgan fingerprint density at radius 3 is 2.29 bits per heavy atom. The Kier molecular flexibility index (Phi) is 7.27. The van der Waals surface area contributed by atoms with Crippen molar-refractivity contribution in [1.82, 2.24) is 10.3 Å². The zero-order chi connectivity index (χ0) is 24.1. The van der Waals surface area contributed by atoms with Crippen molar-refractivity contribution >= 4 is 28.6 Å². The molecule has 0 unspecified atom stereocenters. The number of para-hydroxylation sites is 1. The summed E-state index contributed by atoms with van der Waals surface area (Å²) < 4.78 is 29.4. The van der Waals surface area contributed by atoms with Crippen molar-refractivity contribution in [3.05, 3.63) is 72.0 Å². The van der Waals surface area contributed by atoms with E-state index in [4.69, 9.17) is 14.2 Å². The number of halogens is 1. The fourth-order valence-electron chi connectivity index (χ4n) is 3.72. The van der Waals surface area contributed by atoms with Crippen molar-refractivity contribution in [2.24, 2.45) is 0 Å². The summed E-state index contributed by atoms with van der Waals surface area (Å²) in [5, 5.41) is 4.03. The second-order valence-electron chi connectivity index (χ2n) is 7.40. The number of thioether (sulfide) groups is 1. The number of carbonyl (C=O) groups excluding carboxylic acids is 1. The highest BCUT2D eigenvalue weighted by Crippen LogP contribution is 2.39. The summed E-state index contributed by atoms with van der Waals surface area (Å²) in [6.07, 6.45) is 0. The molecule has 1 amide bonds. The van der Waals surface area contributed by atoms with Crippen molar-refractivity contribution < 1.29 is 23.4 Å². The SMILES string of the molecule is COc1cc(C(=O)NCCSc2c(-c3ccc(F)cc3)[nH]c3ccccc23)cc(OC)c1OC. The number of carbonyl (C=O) groups is 1. The third kappa shape index (κ3) is 4.82. The molecule has 176 valence electrons. The monoisotopic (exact) mass is 480 g/mol. The van der Waals surface area contributed by atoms with Crippen molar-refractivity contribution in [3.63, 3.8) is 0 Å². The first-order valence-electron chi connectivity index (χ1n) is 10.6. The topological polar surface area (TPSA) is 72.6 Å². The fraction of sp³-hybridized carbons (Fsp3) is 0.192. The maximum absolute atomic E-state index is 13.4. The minimum Gasteiger partial charge on any atom is -0.493 e. The van der Waals surface area contributed by atoms with E-state index < -0.39 is 0 Å². The molecule has 34 heavy (non-hydrogen) atoms. The van der Waals surface area contributed by atoms with Crippen LogP contribution >= 0.6 is 11.8 Å². The van der Waals surface area contributed by atoms with Crippen LogP contribution in [0.1, 0.15) is 10.4 Å². The standard InChI is InChI=1S/C26H25FN2O4S/c1-31-21-14-17(15-22(32-2)24(21)33-3)26(30)28-12-13-34-25-19-6-4-5-7-20(19)29-23(25)16-8-10-18(27)11-9-16/h4-11,14-15,29H,12-13H2,1-3H3,(H,28,30). The molecule has 1 aromatic heterocycles. The van der Waals surface area contributed by atoms with Gasteiger partial charge in [-0.2, -0.15) is 0 Å². The summed E-state index contributed by atoms with van der Waals surface area (Å²) in [6, 6.07) is 17.7. The predicted octanol–water partition coefficient (Wildman–Crippen LogP) is 5.52. The number of aromatic nitrogens is 1. The Labute approximate surface area is 201 Å². The Hall–Kier alpha value is -3.65. The highest BCUT2D eigenvalue weighted by molar-refractivity contribution is 7.99. The highest BCUT2D eigenvalue weighted by Gasteiger charge is 2.17. The number of hydrogen-bond donors (Lipinski definition) is 2. The average Bonchev–Trinajstić information content (AvgIpc) is 3.24. The molecule has 4 rings (SSSR count). The molecule has 0 atom stereocenters. The molecule has 0 aliphatic carbocycles. The molecule has 2 N–H and O–H groups in total. The minimum atomic E-state index is -0.274. The Morgan fingerprint density at radius 2 is 1.65 bits per heavy atom. The summed E-state index contributed by atoms with van der Waals surface area (Å²) in [4.78, 5) is 17.3. The normalized spacial score (nSPS) is 10.8. The Balaban J connectivity index is 1.48. The summed E-state index contributed by atoms with van der Waals surface area (Å²) in [5.41, 5.74) is 3.26. The lowest BCUT2D eigenvalue weighted by Gasteiger charge is -2.14. The van der Waals surface area contributed by atoms with Gasteiger partial charge in [-0.05, 0) is 48.0 Å². The van der Waals surface area contributed by atoms with Crippen LogP contribution in [0.3, 0.4) is 0 Å². The van der Waals surface area contributed by atoms with E-state index in [0.717, 1.165) is 27.1 Å². The van der Waals surface area contributed by atoms with Crippen LogP contribution in [-0.2, 0) is 0 Å². The molecule has 0 aliphatic rings. The molecule has 0 saturated heterocycles. The van der Waals surface area contributed by atoms with Crippen molar-refractivity contribution in [2.45, 2.75) is 4.90 Å². The molecule has 1 heterocycles. The van der Waals surface area contributed by atoms with E-state index in [9.17, 15) is 9.18 Å². The second-order valence-corrected chi connectivity index (χ2v) is 8.51. The Morgan fingerprint density at radius 1 is 0.971 bits per heavy atom. The van der Waals surface area contributed by atoms with Crippen molar-refractivity contribution in [3.8, 4) is 28.5 Å². The van der Waals surface area contributed by atoms with Gasteiger partial charge in [0.1, 0.15) is 5.82 Å². The first-order chi connectivity index (χ1) is 16.5. The number of rotatable bonds is 9. The van der Waals surface area contributed by atoms with E-state index in [-0.39, 0.29) is 11.7 Å². The number of H-pyrrole nitrogens is 1. The van der Waals surface area contributed by atoms with Gasteiger partial charge in [0.15, 0.2) is 11.5 Å². The van der Waals surface area contributed by atoms with E-state index in [1.807, 2.05) is 18.2 Å². The van der Waals surface area contributed by atoms with Crippen LogP contribution in [0.2, 0.25) is 0 Å². The number of ether oxygens (including phenoxy) is 3. The number of aromatic amines is 1. The molecular formula is C26H25FN2O4S. The second kappa shape index (κ2) is 10.5. The maximum Gasteiger partial charge on any atom is 0.251 e. The summed E-state index contributed by atoms with van der Waals surface area (Å²) in [7, 11) is 4.54. The van der Waals surface area contributed by atoms with Gasteiger partial charge in [-0.3, -0.25) is 4.79 Å². The van der Waals surface area contributed by atoms with E-state index in [1.54, 1.807) is 36.0 Å². The fourth-order valence-corrected chi connectivity index (χ4v) is 4.77. The average molecular weight is 481 g/mol. The smallest absolute Gasteiger partial charge is 0.251 e. The van der Waals surface area contributed by atoms with Gasteiger partial charge in [0.25, 0.3) is 5.91 Å². The van der Waals surface area contributed by atoms with Crippen molar-refractivity contribution in [2.75, 3.05) is 33.6 Å². The van der Waals surface area contributed by atoms with Crippen LogP contribution in [0.25, 0.3) is 22.2 Å². The van der Waals surface area contributed by atoms with Crippen molar-refractivity contribution in [1.29, 1.82) is 0 Å². The lowest BCUT2D eigenvalue weighted by Crippen LogP contribution is -2.25. The number of methoxy groups -OCH3 is 3. The van der Waals surface area contributed by atoms with E-state index in [0.29, 0.717) is 35.1 Å². The van der Waals surface area contributed by atoms with Gasteiger partial charge in [0.2, 0.25) is 5.75 Å². The third-order valence-electron chi connectivity index (χ3n) is 5.35. The van der Waals surface area contributed by atoms with Crippen LogP contribution in [0, 0.1) is 5.82 Å². The van der Waals surface area contributed by atoms with Gasteiger partial charge in [0.05, 0.1) is 27.0 Å². The van der Waals surface area contributed by atoms with Crippen LogP contribution < -0.4 is 19.5 Å². The van der Waals surface area contributed by atoms with Crippen LogP contribution in [0.4, 0.5) is 4.39 Å². The van der Waals surface area contributed by atoms with Crippen LogP contribution in [0.5, 0.6) is 17.2 Å². The van der Waals surface area contributed by atoms with Gasteiger partial charge < -0.3 is 24.5 Å². The first-order valence-corrected chi connectivity index (χ1v) is 11.6. The lowest BCUT2D eigenvalue weighted by atomic mass is 10.1. The molecule has 0 saturated carbocycles. The van der Waals surface area contributed by atoms with E-state index in [2.05, 4.69) is 16.4 Å². The molecule has 4 aromatic rings. The van der Waals surface area contributed by atoms with Gasteiger partial charge in [0, 0.05) is 33.7 Å². The first kappa shape index (κ1) is 23.5. The molecule has 0 fully saturated rings. The quantitative estimate of drug-likeness (QED) is 0.244. The minimum absolute atomic E-state index is 0.238.